The van der Waals surface area contributed by atoms with E-state index in [9.17, 15) is 4.79 Å². The molecule has 1 N–H and O–H groups in total. The largest absolute Gasteiger partial charge is 0.489 e. The number of hydrogen-bond acceptors (Lipinski definition) is 2. The van der Waals surface area contributed by atoms with Crippen molar-refractivity contribution in [1.29, 1.82) is 0 Å². The zero-order valence-corrected chi connectivity index (χ0v) is 13.0. The first-order valence-corrected chi connectivity index (χ1v) is 7.69. The van der Waals surface area contributed by atoms with Crippen molar-refractivity contribution in [3.05, 3.63) is 63.1 Å². The number of carboxylic acid groups (broad SMARTS) is 1. The van der Waals surface area contributed by atoms with E-state index in [1.807, 2.05) is 0 Å². The van der Waals surface area contributed by atoms with Crippen molar-refractivity contribution >= 4 is 21.9 Å². The van der Waals surface area contributed by atoms with E-state index in [0.29, 0.717) is 16.8 Å². The van der Waals surface area contributed by atoms with E-state index in [0.717, 1.165) is 12.0 Å². The highest BCUT2D eigenvalue weighted by Gasteiger charge is 2.12. The molecule has 0 heterocycles. The van der Waals surface area contributed by atoms with Gasteiger partial charge in [0.1, 0.15) is 12.4 Å². The number of aromatic carboxylic acids is 1. The fraction of sp³-hybridized carbons (Fsp3) is 0.235. The van der Waals surface area contributed by atoms with E-state index in [4.69, 9.17) is 9.84 Å². The average molecular weight is 347 g/mol. The maximum atomic E-state index is 11.1. The molecule has 0 unspecified atom stereocenters. The van der Waals surface area contributed by atoms with Gasteiger partial charge in [-0.05, 0) is 70.1 Å². The van der Waals surface area contributed by atoms with Crippen LogP contribution in [0, 0.1) is 0 Å². The molecule has 3 nitrogen and oxygen atoms in total. The lowest BCUT2D eigenvalue weighted by Gasteiger charge is -2.09. The quantitative estimate of drug-likeness (QED) is 0.901. The molecule has 2 aromatic carbocycles. The summed E-state index contributed by atoms with van der Waals surface area (Å²) in [5, 5.41) is 9.10. The fourth-order valence-electron chi connectivity index (χ4n) is 2.64. The highest BCUT2D eigenvalue weighted by Crippen LogP contribution is 2.25. The molecule has 0 atom stereocenters. The molecule has 0 saturated heterocycles. The summed E-state index contributed by atoms with van der Waals surface area (Å²) in [6.07, 6.45) is 3.55. The molecule has 0 amide bonds. The van der Waals surface area contributed by atoms with Crippen LogP contribution in [0.4, 0.5) is 0 Å². The molecule has 108 valence electrons. The van der Waals surface area contributed by atoms with E-state index in [1.54, 1.807) is 18.2 Å². The Balaban J connectivity index is 1.73. The zero-order chi connectivity index (χ0) is 14.8. The van der Waals surface area contributed by atoms with Crippen LogP contribution in [0.25, 0.3) is 0 Å². The van der Waals surface area contributed by atoms with E-state index in [2.05, 4.69) is 34.1 Å². The molecule has 3 rings (SSSR count). The lowest BCUT2D eigenvalue weighted by molar-refractivity contribution is 0.0695. The average Bonchev–Trinajstić information content (AvgIpc) is 2.93. The van der Waals surface area contributed by atoms with E-state index in [-0.39, 0.29) is 5.56 Å². The second-order valence-corrected chi connectivity index (χ2v) is 6.05. The van der Waals surface area contributed by atoms with Crippen LogP contribution in [0.15, 0.2) is 40.9 Å². The molecule has 4 heteroatoms. The van der Waals surface area contributed by atoms with Gasteiger partial charge in [-0.1, -0.05) is 18.2 Å². The van der Waals surface area contributed by atoms with Gasteiger partial charge in [-0.25, -0.2) is 4.79 Å². The number of benzene rings is 2. The van der Waals surface area contributed by atoms with Crippen LogP contribution in [0.2, 0.25) is 0 Å². The van der Waals surface area contributed by atoms with Crippen molar-refractivity contribution in [3.8, 4) is 5.75 Å². The minimum Gasteiger partial charge on any atom is -0.489 e. The summed E-state index contributed by atoms with van der Waals surface area (Å²) in [5.41, 5.74) is 4.19. The van der Waals surface area contributed by atoms with Crippen LogP contribution in [0.1, 0.15) is 33.5 Å². The Hall–Kier alpha value is -1.81. The van der Waals surface area contributed by atoms with E-state index in [1.165, 1.54) is 24.0 Å². The summed E-state index contributed by atoms with van der Waals surface area (Å²) in [5.74, 6) is -0.402. The second-order valence-electron chi connectivity index (χ2n) is 5.19. The van der Waals surface area contributed by atoms with Crippen LogP contribution in [0.3, 0.4) is 0 Å². The first-order chi connectivity index (χ1) is 10.1. The van der Waals surface area contributed by atoms with Crippen molar-refractivity contribution in [1.82, 2.24) is 0 Å². The Kier molecular flexibility index (Phi) is 3.97. The molecule has 0 aliphatic heterocycles. The molecule has 0 bridgehead atoms. The summed E-state index contributed by atoms with van der Waals surface area (Å²) in [7, 11) is 0. The Morgan fingerprint density at radius 1 is 1.14 bits per heavy atom. The molecule has 0 aromatic heterocycles. The van der Waals surface area contributed by atoms with Gasteiger partial charge in [-0.3, -0.25) is 0 Å². The molecule has 0 fully saturated rings. The molecule has 2 aromatic rings. The molecule has 0 spiro atoms. The van der Waals surface area contributed by atoms with Crippen molar-refractivity contribution in [2.45, 2.75) is 25.9 Å². The third kappa shape index (κ3) is 3.10. The number of fused-ring (bicyclic) bond motifs is 1. The normalized spacial score (nSPS) is 13.0. The van der Waals surface area contributed by atoms with Crippen molar-refractivity contribution < 1.29 is 14.6 Å². The van der Waals surface area contributed by atoms with Gasteiger partial charge in [0.05, 0.1) is 5.56 Å². The summed E-state index contributed by atoms with van der Waals surface area (Å²) < 4.78 is 6.27. The molecule has 0 saturated carbocycles. The summed E-state index contributed by atoms with van der Waals surface area (Å²) in [6.45, 7) is 0.452. The van der Waals surface area contributed by atoms with Gasteiger partial charge in [-0.15, -0.1) is 0 Å². The molecular formula is C17H15BrO3. The molecule has 1 aliphatic carbocycles. The predicted octanol–water partition coefficient (Wildman–Crippen LogP) is 4.22. The first-order valence-electron chi connectivity index (χ1n) is 6.90. The maximum Gasteiger partial charge on any atom is 0.336 e. The van der Waals surface area contributed by atoms with Crippen LogP contribution in [-0.4, -0.2) is 11.1 Å². The van der Waals surface area contributed by atoms with Crippen molar-refractivity contribution in [2.75, 3.05) is 0 Å². The third-order valence-electron chi connectivity index (χ3n) is 3.74. The van der Waals surface area contributed by atoms with Crippen LogP contribution in [0.5, 0.6) is 5.75 Å². The number of aryl methyl sites for hydroxylation is 2. The highest BCUT2D eigenvalue weighted by atomic mass is 79.9. The molecular weight excluding hydrogens is 332 g/mol. The molecule has 0 radical (unpaired) electrons. The SMILES string of the molecule is O=C(O)c1cc(OCc2ccc3c(c2)CCC3)ccc1Br. The van der Waals surface area contributed by atoms with Gasteiger partial charge < -0.3 is 9.84 Å². The van der Waals surface area contributed by atoms with Gasteiger partial charge >= 0.3 is 5.97 Å². The summed E-state index contributed by atoms with van der Waals surface area (Å²) >= 11 is 3.22. The minimum atomic E-state index is -0.968. The number of hydrogen-bond donors (Lipinski definition) is 1. The van der Waals surface area contributed by atoms with Crippen LogP contribution in [-0.2, 0) is 19.4 Å². The monoisotopic (exact) mass is 346 g/mol. The van der Waals surface area contributed by atoms with E-state index < -0.39 is 5.97 Å². The fourth-order valence-corrected chi connectivity index (χ4v) is 3.06. The van der Waals surface area contributed by atoms with Gasteiger partial charge in [0.25, 0.3) is 0 Å². The minimum absolute atomic E-state index is 0.210. The first kappa shape index (κ1) is 14.1. The Labute approximate surface area is 131 Å². The second kappa shape index (κ2) is 5.90. The molecule has 21 heavy (non-hydrogen) atoms. The molecule has 1 aliphatic rings. The third-order valence-corrected chi connectivity index (χ3v) is 4.43. The standard InChI is InChI=1S/C17H15BrO3/c18-16-7-6-14(9-15(16)17(19)20)21-10-11-4-5-12-2-1-3-13(12)8-11/h4-9H,1-3,10H2,(H,19,20). The number of ether oxygens (including phenoxy) is 1. The van der Waals surface area contributed by atoms with Gasteiger partial charge in [0.2, 0.25) is 0 Å². The number of carboxylic acids is 1. The lowest BCUT2D eigenvalue weighted by Crippen LogP contribution is -2.01. The van der Waals surface area contributed by atoms with Gasteiger partial charge in [0.15, 0.2) is 0 Å². The number of rotatable bonds is 4. The predicted molar refractivity (Wildman–Crippen MR) is 83.9 cm³/mol. The lowest BCUT2D eigenvalue weighted by atomic mass is 10.1. The van der Waals surface area contributed by atoms with Crippen LogP contribution < -0.4 is 4.74 Å². The summed E-state index contributed by atoms with van der Waals surface area (Å²) in [4.78, 5) is 11.1. The highest BCUT2D eigenvalue weighted by molar-refractivity contribution is 9.10. The smallest absolute Gasteiger partial charge is 0.336 e. The number of carbonyl (C=O) groups is 1. The van der Waals surface area contributed by atoms with Crippen LogP contribution >= 0.6 is 15.9 Å². The maximum absolute atomic E-state index is 11.1. The Bertz CT molecular complexity index is 694. The van der Waals surface area contributed by atoms with Gasteiger partial charge in [0, 0.05) is 4.47 Å². The van der Waals surface area contributed by atoms with Crippen molar-refractivity contribution in [3.63, 3.8) is 0 Å². The van der Waals surface area contributed by atoms with Gasteiger partial charge in [-0.2, -0.15) is 0 Å². The zero-order valence-electron chi connectivity index (χ0n) is 11.4. The number of halogens is 1. The van der Waals surface area contributed by atoms with E-state index >= 15 is 0 Å². The van der Waals surface area contributed by atoms with Crippen molar-refractivity contribution in [2.24, 2.45) is 0 Å². The Morgan fingerprint density at radius 2 is 1.95 bits per heavy atom. The topological polar surface area (TPSA) is 46.5 Å². The Morgan fingerprint density at radius 3 is 2.76 bits per heavy atom. The summed E-state index contributed by atoms with van der Waals surface area (Å²) in [6, 6.07) is 11.5.